The van der Waals surface area contributed by atoms with E-state index in [-0.39, 0.29) is 24.4 Å². The summed E-state index contributed by atoms with van der Waals surface area (Å²) >= 11 is 0. The molecule has 0 bridgehead atoms. The van der Waals surface area contributed by atoms with Crippen molar-refractivity contribution < 1.29 is 19.6 Å². The van der Waals surface area contributed by atoms with E-state index < -0.39 is 16.7 Å². The van der Waals surface area contributed by atoms with Crippen LogP contribution in [0.15, 0.2) is 18.2 Å². The van der Waals surface area contributed by atoms with Gasteiger partial charge < -0.3 is 20.1 Å². The second kappa shape index (κ2) is 5.96. The molecule has 2 atom stereocenters. The number of methoxy groups -OCH3 is 1. The van der Waals surface area contributed by atoms with Crippen molar-refractivity contribution in [1.29, 1.82) is 0 Å². The van der Waals surface area contributed by atoms with Crippen LogP contribution in [0, 0.1) is 10.1 Å². The van der Waals surface area contributed by atoms with Gasteiger partial charge in [-0.3, -0.25) is 10.1 Å². The number of rotatable bonds is 5. The number of benzene rings is 1. The van der Waals surface area contributed by atoms with E-state index in [9.17, 15) is 20.0 Å². The third-order valence-electron chi connectivity index (χ3n) is 3.38. The third kappa shape index (κ3) is 3.05. The van der Waals surface area contributed by atoms with Crippen LogP contribution < -0.4 is 5.32 Å². The van der Waals surface area contributed by atoms with Gasteiger partial charge >= 0.3 is 11.7 Å². The number of hydrogen-bond acceptors (Lipinski definition) is 5. The number of phenolic OH excluding ortho intramolecular Hbond substituents is 1. The maximum absolute atomic E-state index is 11.9. The Morgan fingerprint density at radius 1 is 1.62 bits per heavy atom. The van der Waals surface area contributed by atoms with Crippen LogP contribution in [-0.2, 0) is 4.74 Å². The van der Waals surface area contributed by atoms with Gasteiger partial charge in [-0.1, -0.05) is 6.07 Å². The van der Waals surface area contributed by atoms with Crippen molar-refractivity contribution >= 4 is 11.7 Å². The lowest BCUT2D eigenvalue weighted by Crippen LogP contribution is -2.34. The lowest BCUT2D eigenvalue weighted by atomic mass is 10.0. The molecule has 114 valence electrons. The molecule has 1 fully saturated rings. The number of nitro groups is 1. The Balaban J connectivity index is 2.36. The van der Waals surface area contributed by atoms with E-state index in [0.717, 1.165) is 0 Å². The Morgan fingerprint density at radius 3 is 2.86 bits per heavy atom. The Bertz CT molecular complexity index is 563. The molecule has 0 spiro atoms. The second-order valence-electron chi connectivity index (χ2n) is 4.98. The fourth-order valence-corrected chi connectivity index (χ4v) is 2.40. The zero-order valence-corrected chi connectivity index (χ0v) is 11.8. The van der Waals surface area contributed by atoms with Crippen LogP contribution in [0.4, 0.5) is 10.5 Å². The SMILES string of the molecule is COCC(c1ccc(O)c([N+](=O)[O-])c1)N1C[C@@H](C)NC1=O. The van der Waals surface area contributed by atoms with Crippen molar-refractivity contribution in [2.45, 2.75) is 19.0 Å². The minimum Gasteiger partial charge on any atom is -0.502 e. The number of nitro benzene ring substituents is 1. The first-order valence-electron chi connectivity index (χ1n) is 6.47. The number of hydrogen-bond donors (Lipinski definition) is 2. The van der Waals surface area contributed by atoms with Crippen molar-refractivity contribution in [2.24, 2.45) is 0 Å². The summed E-state index contributed by atoms with van der Waals surface area (Å²) in [6.07, 6.45) is 0. The number of urea groups is 1. The first-order valence-corrected chi connectivity index (χ1v) is 6.47. The lowest BCUT2D eigenvalue weighted by Gasteiger charge is -2.26. The molecule has 0 aliphatic carbocycles. The topological polar surface area (TPSA) is 105 Å². The zero-order valence-electron chi connectivity index (χ0n) is 11.8. The average molecular weight is 295 g/mol. The molecule has 1 aromatic carbocycles. The molecule has 1 aliphatic heterocycles. The molecule has 8 heteroatoms. The molecule has 1 aromatic rings. The zero-order chi connectivity index (χ0) is 15.6. The van der Waals surface area contributed by atoms with Crippen molar-refractivity contribution in [3.8, 4) is 5.75 Å². The highest BCUT2D eigenvalue weighted by Gasteiger charge is 2.33. The Kier molecular flexibility index (Phi) is 4.27. The van der Waals surface area contributed by atoms with E-state index in [1.807, 2.05) is 6.92 Å². The molecule has 0 radical (unpaired) electrons. The van der Waals surface area contributed by atoms with E-state index in [0.29, 0.717) is 12.1 Å². The summed E-state index contributed by atoms with van der Waals surface area (Å²) in [7, 11) is 1.50. The van der Waals surface area contributed by atoms with Crippen LogP contribution in [0.25, 0.3) is 0 Å². The van der Waals surface area contributed by atoms with Crippen molar-refractivity contribution in [1.82, 2.24) is 10.2 Å². The molecule has 0 saturated carbocycles. The summed E-state index contributed by atoms with van der Waals surface area (Å²) in [4.78, 5) is 23.8. The summed E-state index contributed by atoms with van der Waals surface area (Å²) < 4.78 is 5.13. The van der Waals surface area contributed by atoms with Crippen LogP contribution in [0.3, 0.4) is 0 Å². The molecular formula is C13H17N3O5. The van der Waals surface area contributed by atoms with Crippen LogP contribution in [0.1, 0.15) is 18.5 Å². The van der Waals surface area contributed by atoms with Crippen molar-refractivity contribution in [2.75, 3.05) is 20.3 Å². The van der Waals surface area contributed by atoms with Gasteiger partial charge in [-0.05, 0) is 18.6 Å². The normalized spacial score (nSPS) is 19.4. The molecule has 0 aromatic heterocycles. The quantitative estimate of drug-likeness (QED) is 0.631. The first-order chi connectivity index (χ1) is 9.93. The molecule has 21 heavy (non-hydrogen) atoms. The van der Waals surface area contributed by atoms with Gasteiger partial charge in [-0.25, -0.2) is 4.79 Å². The maximum Gasteiger partial charge on any atom is 0.318 e. The second-order valence-corrected chi connectivity index (χ2v) is 4.98. The van der Waals surface area contributed by atoms with Gasteiger partial charge in [0.05, 0.1) is 17.6 Å². The van der Waals surface area contributed by atoms with Gasteiger partial charge in [-0.2, -0.15) is 0 Å². The molecule has 1 unspecified atom stereocenters. The number of carbonyl (C=O) groups is 1. The molecular weight excluding hydrogens is 278 g/mol. The highest BCUT2D eigenvalue weighted by atomic mass is 16.6. The minimum absolute atomic E-state index is 0.00366. The van der Waals surface area contributed by atoms with Gasteiger partial charge in [0.25, 0.3) is 0 Å². The molecule has 2 amide bonds. The van der Waals surface area contributed by atoms with E-state index in [1.54, 1.807) is 11.0 Å². The number of phenols is 1. The van der Waals surface area contributed by atoms with E-state index >= 15 is 0 Å². The number of carbonyl (C=O) groups excluding carboxylic acids is 1. The Hall–Kier alpha value is -2.35. The van der Waals surface area contributed by atoms with Gasteiger partial charge in [0.1, 0.15) is 0 Å². The van der Waals surface area contributed by atoms with Crippen LogP contribution >= 0.6 is 0 Å². The predicted molar refractivity (Wildman–Crippen MR) is 74.1 cm³/mol. The summed E-state index contributed by atoms with van der Waals surface area (Å²) in [5.74, 6) is -0.404. The number of nitrogens with one attached hydrogen (secondary N) is 1. The molecule has 1 aliphatic rings. The number of amides is 2. The molecule has 2 N–H and O–H groups in total. The lowest BCUT2D eigenvalue weighted by molar-refractivity contribution is -0.386. The minimum atomic E-state index is -0.657. The number of nitrogens with zero attached hydrogens (tertiary/aromatic N) is 2. The first kappa shape index (κ1) is 15.0. The van der Waals surface area contributed by atoms with E-state index in [4.69, 9.17) is 4.74 Å². The number of aromatic hydroxyl groups is 1. The molecule has 2 rings (SSSR count). The average Bonchev–Trinajstić information content (AvgIpc) is 2.75. The standard InChI is InChI=1S/C13H17N3O5/c1-8-6-15(13(18)14-8)11(7-21-2)9-3-4-12(17)10(5-9)16(19)20/h3-5,8,11,17H,6-7H2,1-2H3,(H,14,18)/t8-,11?/m1/s1. The van der Waals surface area contributed by atoms with Crippen LogP contribution in [0.2, 0.25) is 0 Å². The van der Waals surface area contributed by atoms with Gasteiger partial charge in [0.2, 0.25) is 0 Å². The van der Waals surface area contributed by atoms with Crippen molar-refractivity contribution in [3.63, 3.8) is 0 Å². The smallest absolute Gasteiger partial charge is 0.318 e. The van der Waals surface area contributed by atoms with Crippen molar-refractivity contribution in [3.05, 3.63) is 33.9 Å². The summed E-state index contributed by atoms with van der Waals surface area (Å²) in [5, 5.41) is 23.2. The maximum atomic E-state index is 11.9. The van der Waals surface area contributed by atoms with E-state index in [2.05, 4.69) is 5.32 Å². The van der Waals surface area contributed by atoms with Gasteiger partial charge in [0, 0.05) is 25.8 Å². The fraction of sp³-hybridized carbons (Fsp3) is 0.462. The third-order valence-corrected chi connectivity index (χ3v) is 3.38. The van der Waals surface area contributed by atoms with Gasteiger partial charge in [-0.15, -0.1) is 0 Å². The van der Waals surface area contributed by atoms with Crippen LogP contribution in [0.5, 0.6) is 5.75 Å². The summed E-state index contributed by atoms with van der Waals surface area (Å²) in [6.45, 7) is 2.57. The van der Waals surface area contributed by atoms with Crippen LogP contribution in [-0.4, -0.2) is 47.3 Å². The monoisotopic (exact) mass is 295 g/mol. The van der Waals surface area contributed by atoms with Gasteiger partial charge in [0.15, 0.2) is 5.75 Å². The number of ether oxygens (including phenoxy) is 1. The Labute approximate surface area is 121 Å². The predicted octanol–water partition coefficient (Wildman–Crippen LogP) is 1.40. The largest absolute Gasteiger partial charge is 0.502 e. The highest BCUT2D eigenvalue weighted by molar-refractivity contribution is 5.77. The molecule has 1 heterocycles. The summed E-state index contributed by atoms with van der Waals surface area (Å²) in [5.41, 5.74) is 0.159. The highest BCUT2D eigenvalue weighted by Crippen LogP contribution is 2.32. The molecule has 8 nitrogen and oxygen atoms in total. The summed E-state index contributed by atoms with van der Waals surface area (Å²) in [6, 6.07) is 3.41. The molecule has 1 saturated heterocycles. The fourth-order valence-electron chi connectivity index (χ4n) is 2.40. The Morgan fingerprint density at radius 2 is 2.33 bits per heavy atom. The van der Waals surface area contributed by atoms with E-state index in [1.165, 1.54) is 19.2 Å².